The Labute approximate surface area is 179 Å². The largest absolute Gasteiger partial charge is 0.451 e. The van der Waals surface area contributed by atoms with Crippen LogP contribution in [0, 0.1) is 0 Å². The number of furan rings is 1. The zero-order valence-corrected chi connectivity index (χ0v) is 17.5. The second kappa shape index (κ2) is 8.49. The van der Waals surface area contributed by atoms with Gasteiger partial charge in [-0.3, -0.25) is 4.79 Å². The third kappa shape index (κ3) is 4.42. The summed E-state index contributed by atoms with van der Waals surface area (Å²) in [5, 5.41) is 3.70. The molecule has 1 aliphatic heterocycles. The molecule has 2 heterocycles. The fourth-order valence-electron chi connectivity index (χ4n) is 3.31. The van der Waals surface area contributed by atoms with Crippen LogP contribution in [0.25, 0.3) is 11.3 Å². The number of carbonyl (C=O) groups is 1. The van der Waals surface area contributed by atoms with Crippen LogP contribution < -0.4 is 10.2 Å². The van der Waals surface area contributed by atoms with E-state index in [9.17, 15) is 4.79 Å². The molecule has 0 atom stereocenters. The topological polar surface area (TPSA) is 48.7 Å². The maximum Gasteiger partial charge on any atom is 0.291 e. The van der Waals surface area contributed by atoms with Gasteiger partial charge in [0, 0.05) is 43.1 Å². The normalized spacial score (nSPS) is 14.8. The highest BCUT2D eigenvalue weighted by Crippen LogP contribution is 2.34. The first-order valence-corrected chi connectivity index (χ1v) is 10.2. The number of halogens is 2. The lowest BCUT2D eigenvalue weighted by Gasteiger charge is -2.34. The van der Waals surface area contributed by atoms with Crippen LogP contribution in [0.4, 0.5) is 11.4 Å². The maximum absolute atomic E-state index is 12.6. The van der Waals surface area contributed by atoms with Crippen molar-refractivity contribution in [3.05, 3.63) is 70.4 Å². The Hall–Kier alpha value is -2.47. The van der Waals surface area contributed by atoms with Gasteiger partial charge in [0.1, 0.15) is 5.76 Å². The second-order valence-corrected chi connectivity index (χ2v) is 7.84. The first-order valence-electron chi connectivity index (χ1n) is 9.40. The van der Waals surface area contributed by atoms with Crippen molar-refractivity contribution in [1.82, 2.24) is 4.90 Å². The summed E-state index contributed by atoms with van der Waals surface area (Å²) in [7, 11) is 2.14. The van der Waals surface area contributed by atoms with Crippen molar-refractivity contribution in [3.8, 4) is 11.3 Å². The second-order valence-electron chi connectivity index (χ2n) is 7.06. The van der Waals surface area contributed by atoms with E-state index in [0.29, 0.717) is 27.1 Å². The molecule has 2 aromatic carbocycles. The Balaban J connectivity index is 1.43. The van der Waals surface area contributed by atoms with Crippen molar-refractivity contribution >= 4 is 40.5 Å². The van der Waals surface area contributed by atoms with Crippen molar-refractivity contribution in [3.63, 3.8) is 0 Å². The van der Waals surface area contributed by atoms with Crippen LogP contribution in [0.2, 0.25) is 10.0 Å². The van der Waals surface area contributed by atoms with Crippen LogP contribution >= 0.6 is 23.2 Å². The van der Waals surface area contributed by atoms with Gasteiger partial charge >= 0.3 is 0 Å². The van der Waals surface area contributed by atoms with E-state index in [-0.39, 0.29) is 11.7 Å². The van der Waals surface area contributed by atoms with Gasteiger partial charge in [-0.2, -0.15) is 0 Å². The number of nitrogens with zero attached hydrogens (tertiary/aromatic N) is 2. The Bertz CT molecular complexity index is 1010. The molecule has 1 aromatic heterocycles. The van der Waals surface area contributed by atoms with Crippen LogP contribution in [-0.4, -0.2) is 44.0 Å². The molecule has 1 N–H and O–H groups in total. The van der Waals surface area contributed by atoms with E-state index < -0.39 is 0 Å². The van der Waals surface area contributed by atoms with E-state index in [1.807, 2.05) is 24.3 Å². The summed E-state index contributed by atoms with van der Waals surface area (Å²) in [5.41, 5.74) is 2.52. The molecule has 0 spiro atoms. The summed E-state index contributed by atoms with van der Waals surface area (Å²) < 4.78 is 5.70. The average molecular weight is 430 g/mol. The molecule has 4 rings (SSSR count). The lowest BCUT2D eigenvalue weighted by Crippen LogP contribution is -2.44. The van der Waals surface area contributed by atoms with Gasteiger partial charge in [-0.1, -0.05) is 29.3 Å². The Kier molecular flexibility index (Phi) is 5.81. The van der Waals surface area contributed by atoms with Gasteiger partial charge in [0.05, 0.1) is 10.0 Å². The first kappa shape index (κ1) is 19.8. The first-order chi connectivity index (χ1) is 14.0. The summed E-state index contributed by atoms with van der Waals surface area (Å²) in [4.78, 5) is 17.2. The summed E-state index contributed by atoms with van der Waals surface area (Å²) in [6.07, 6.45) is 0. The molecule has 150 valence electrons. The zero-order chi connectivity index (χ0) is 20.4. The van der Waals surface area contributed by atoms with Gasteiger partial charge in [-0.05, 0) is 55.6 Å². The Morgan fingerprint density at radius 1 is 0.966 bits per heavy atom. The standard InChI is InChI=1S/C22H21Cl2N3O2/c1-26-11-13-27(14-12-26)16-7-5-15(6-8-16)25-22(28)20-10-9-19(29-20)17-3-2-4-18(23)21(17)24/h2-10H,11-14H2,1H3,(H,25,28). The van der Waals surface area contributed by atoms with Gasteiger partial charge in [-0.15, -0.1) is 0 Å². The fourth-order valence-corrected chi connectivity index (χ4v) is 3.71. The number of benzene rings is 2. The van der Waals surface area contributed by atoms with E-state index in [0.717, 1.165) is 31.9 Å². The van der Waals surface area contributed by atoms with Crippen LogP contribution in [0.3, 0.4) is 0 Å². The third-order valence-corrected chi connectivity index (χ3v) is 5.86. The number of hydrogen-bond acceptors (Lipinski definition) is 4. The van der Waals surface area contributed by atoms with E-state index in [1.165, 1.54) is 0 Å². The molecule has 0 bridgehead atoms. The Morgan fingerprint density at radius 3 is 2.41 bits per heavy atom. The van der Waals surface area contributed by atoms with Crippen molar-refractivity contribution in [2.45, 2.75) is 0 Å². The van der Waals surface area contributed by atoms with E-state index >= 15 is 0 Å². The number of hydrogen-bond donors (Lipinski definition) is 1. The van der Waals surface area contributed by atoms with E-state index in [2.05, 4.69) is 22.2 Å². The van der Waals surface area contributed by atoms with Gasteiger partial charge in [0.2, 0.25) is 0 Å². The molecule has 1 fully saturated rings. The third-order valence-electron chi connectivity index (χ3n) is 5.04. The summed E-state index contributed by atoms with van der Waals surface area (Å²) in [6.45, 7) is 4.11. The minimum Gasteiger partial charge on any atom is -0.451 e. The van der Waals surface area contributed by atoms with Gasteiger partial charge in [-0.25, -0.2) is 0 Å². The number of likely N-dealkylation sites (N-methyl/N-ethyl adjacent to an activating group) is 1. The molecule has 1 aliphatic rings. The van der Waals surface area contributed by atoms with Crippen molar-refractivity contribution in [2.75, 3.05) is 43.4 Å². The van der Waals surface area contributed by atoms with Crippen molar-refractivity contribution in [2.24, 2.45) is 0 Å². The SMILES string of the molecule is CN1CCN(c2ccc(NC(=O)c3ccc(-c4cccc(Cl)c4Cl)o3)cc2)CC1. The number of amides is 1. The predicted octanol–water partition coefficient (Wildman–Crippen LogP) is 5.26. The maximum atomic E-state index is 12.6. The lowest BCUT2D eigenvalue weighted by atomic mass is 10.2. The highest BCUT2D eigenvalue weighted by Gasteiger charge is 2.17. The van der Waals surface area contributed by atoms with Gasteiger partial charge in [0.25, 0.3) is 5.91 Å². The molecule has 29 heavy (non-hydrogen) atoms. The van der Waals surface area contributed by atoms with Crippen LogP contribution in [-0.2, 0) is 0 Å². The molecule has 0 radical (unpaired) electrons. The molecule has 1 amide bonds. The van der Waals surface area contributed by atoms with Crippen LogP contribution in [0.1, 0.15) is 10.6 Å². The molecule has 5 nitrogen and oxygen atoms in total. The molecule has 3 aromatic rings. The fraction of sp³-hybridized carbons (Fsp3) is 0.227. The summed E-state index contributed by atoms with van der Waals surface area (Å²) in [5.74, 6) is 0.383. The Morgan fingerprint density at radius 2 is 1.69 bits per heavy atom. The number of piperazine rings is 1. The smallest absolute Gasteiger partial charge is 0.291 e. The number of rotatable bonds is 4. The zero-order valence-electron chi connectivity index (χ0n) is 16.0. The molecule has 1 saturated heterocycles. The highest BCUT2D eigenvalue weighted by molar-refractivity contribution is 6.43. The van der Waals surface area contributed by atoms with E-state index in [1.54, 1.807) is 30.3 Å². The number of carbonyl (C=O) groups excluding carboxylic acids is 1. The summed E-state index contributed by atoms with van der Waals surface area (Å²) >= 11 is 12.3. The predicted molar refractivity (Wildman–Crippen MR) is 118 cm³/mol. The molecule has 0 unspecified atom stereocenters. The molecule has 0 saturated carbocycles. The van der Waals surface area contributed by atoms with Gasteiger partial charge < -0.3 is 19.5 Å². The minimum absolute atomic E-state index is 0.208. The van der Waals surface area contributed by atoms with Crippen LogP contribution in [0.15, 0.2) is 59.0 Å². The summed E-state index contributed by atoms with van der Waals surface area (Å²) in [6, 6.07) is 16.5. The monoisotopic (exact) mass is 429 g/mol. The average Bonchev–Trinajstić information content (AvgIpc) is 3.21. The van der Waals surface area contributed by atoms with Crippen molar-refractivity contribution in [1.29, 1.82) is 0 Å². The molecular formula is C22H21Cl2N3O2. The highest BCUT2D eigenvalue weighted by atomic mass is 35.5. The van der Waals surface area contributed by atoms with Crippen molar-refractivity contribution < 1.29 is 9.21 Å². The van der Waals surface area contributed by atoms with Crippen LogP contribution in [0.5, 0.6) is 0 Å². The number of nitrogens with one attached hydrogen (secondary N) is 1. The molecular weight excluding hydrogens is 409 g/mol. The minimum atomic E-state index is -0.318. The molecule has 7 heteroatoms. The van der Waals surface area contributed by atoms with Gasteiger partial charge in [0.15, 0.2) is 5.76 Å². The number of anilines is 2. The lowest BCUT2D eigenvalue weighted by molar-refractivity contribution is 0.0997. The quantitative estimate of drug-likeness (QED) is 0.614. The van der Waals surface area contributed by atoms with E-state index in [4.69, 9.17) is 27.6 Å². The molecule has 0 aliphatic carbocycles.